The molecule has 12 heteroatoms. The first-order chi connectivity index (χ1) is 18.2. The van der Waals surface area contributed by atoms with Gasteiger partial charge < -0.3 is 38.9 Å². The van der Waals surface area contributed by atoms with Gasteiger partial charge >= 0.3 is 0 Å². The fraction of sp³-hybridized carbons (Fsp3) is 0.346. The molecule has 0 aromatic heterocycles. The summed E-state index contributed by atoms with van der Waals surface area (Å²) in [7, 11) is 0. The minimum Gasteiger partial charge on any atom is -0.370 e. The summed E-state index contributed by atoms with van der Waals surface area (Å²) >= 11 is 0. The van der Waals surface area contributed by atoms with Crippen LogP contribution < -0.4 is 38.9 Å². The largest absolute Gasteiger partial charge is 0.370 e. The van der Waals surface area contributed by atoms with Crippen molar-refractivity contribution in [3.63, 3.8) is 0 Å². The van der Waals surface area contributed by atoms with Crippen LogP contribution in [-0.4, -0.2) is 54.8 Å². The number of hydrogen-bond acceptors (Lipinski definition) is 6. The molecule has 204 valence electrons. The van der Waals surface area contributed by atoms with Crippen LogP contribution in [0, 0.1) is 0 Å². The quantitative estimate of drug-likeness (QED) is 0.0972. The summed E-state index contributed by atoms with van der Waals surface area (Å²) < 4.78 is 0. The molecule has 12 nitrogen and oxygen atoms in total. The van der Waals surface area contributed by atoms with Gasteiger partial charge in [-0.05, 0) is 75.0 Å². The minimum atomic E-state index is -0.934. The van der Waals surface area contributed by atoms with Gasteiger partial charge in [-0.2, -0.15) is 0 Å². The van der Waals surface area contributed by atoms with E-state index in [1.807, 2.05) is 0 Å². The zero-order valence-electron chi connectivity index (χ0n) is 21.2. The van der Waals surface area contributed by atoms with Crippen molar-refractivity contribution in [2.75, 3.05) is 18.4 Å². The summed E-state index contributed by atoms with van der Waals surface area (Å²) in [6.45, 7) is 0.715. The van der Waals surface area contributed by atoms with Gasteiger partial charge in [0.1, 0.15) is 12.1 Å². The fourth-order valence-electron chi connectivity index (χ4n) is 3.58. The summed E-state index contributed by atoms with van der Waals surface area (Å²) in [5.41, 5.74) is 22.7. The van der Waals surface area contributed by atoms with Gasteiger partial charge in [-0.3, -0.25) is 24.2 Å². The Morgan fingerprint density at radius 3 is 1.97 bits per heavy atom. The summed E-state index contributed by atoms with van der Waals surface area (Å²) in [6, 6.07) is 12.7. The van der Waals surface area contributed by atoms with Crippen LogP contribution >= 0.6 is 0 Å². The Morgan fingerprint density at radius 1 is 0.737 bits per heavy atom. The van der Waals surface area contributed by atoms with Crippen molar-refractivity contribution in [3.8, 4) is 0 Å². The normalized spacial score (nSPS) is 12.0. The smallest absolute Gasteiger partial charge is 0.251 e. The van der Waals surface area contributed by atoms with E-state index in [0.717, 1.165) is 0 Å². The average Bonchev–Trinajstić information content (AvgIpc) is 2.90. The van der Waals surface area contributed by atoms with Crippen molar-refractivity contribution in [1.29, 1.82) is 0 Å². The molecule has 0 aliphatic rings. The number of hydrogen-bond donors (Lipinski definition) is 7. The van der Waals surface area contributed by atoms with Crippen LogP contribution in [0.25, 0.3) is 0 Å². The molecule has 2 rings (SSSR count). The number of amides is 4. The van der Waals surface area contributed by atoms with Gasteiger partial charge in [-0.15, -0.1) is 0 Å². The molecule has 0 heterocycles. The lowest BCUT2D eigenvalue weighted by atomic mass is 10.1. The van der Waals surface area contributed by atoms with E-state index in [2.05, 4.69) is 20.9 Å². The molecule has 2 atom stereocenters. The number of primary amides is 1. The Labute approximate surface area is 221 Å². The molecule has 2 aromatic carbocycles. The number of nitrogens with one attached hydrogen (secondary N) is 3. The van der Waals surface area contributed by atoms with E-state index >= 15 is 0 Å². The predicted octanol–water partition coefficient (Wildman–Crippen LogP) is 0.190. The van der Waals surface area contributed by atoms with Crippen molar-refractivity contribution in [1.82, 2.24) is 10.6 Å². The van der Waals surface area contributed by atoms with Crippen LogP contribution in [0.2, 0.25) is 0 Å². The van der Waals surface area contributed by atoms with Crippen LogP contribution in [0.1, 0.15) is 52.8 Å². The van der Waals surface area contributed by atoms with E-state index < -0.39 is 35.7 Å². The first kappa shape index (κ1) is 29.8. The summed E-state index contributed by atoms with van der Waals surface area (Å²) in [6.07, 6.45) is 2.26. The number of unbranched alkanes of at least 4 members (excludes halogenated alkanes) is 1. The average molecular weight is 525 g/mol. The number of benzene rings is 2. The van der Waals surface area contributed by atoms with Crippen LogP contribution in [0.5, 0.6) is 0 Å². The minimum absolute atomic E-state index is 0.0696. The number of nitrogens with two attached hydrogens (primary N) is 4. The van der Waals surface area contributed by atoms with Crippen molar-refractivity contribution >= 4 is 35.3 Å². The van der Waals surface area contributed by atoms with E-state index in [1.165, 1.54) is 12.1 Å². The number of anilines is 1. The molecule has 0 aliphatic heterocycles. The summed E-state index contributed by atoms with van der Waals surface area (Å²) in [4.78, 5) is 54.4. The number of aliphatic imine (C=N–C) groups is 1. The molecule has 0 fully saturated rings. The molecule has 0 aliphatic carbocycles. The molecule has 2 aromatic rings. The predicted molar refractivity (Wildman–Crippen MR) is 146 cm³/mol. The molecular formula is C26H36N8O4. The molecule has 4 amide bonds. The summed E-state index contributed by atoms with van der Waals surface area (Å²) in [5, 5.41) is 8.25. The van der Waals surface area contributed by atoms with Gasteiger partial charge in [0.25, 0.3) is 5.91 Å². The monoisotopic (exact) mass is 524 g/mol. The maximum absolute atomic E-state index is 13.3. The number of carbonyl (C=O) groups is 4. The second kappa shape index (κ2) is 15.6. The maximum atomic E-state index is 13.3. The second-order valence-electron chi connectivity index (χ2n) is 8.62. The molecule has 0 unspecified atom stereocenters. The Kier molecular flexibility index (Phi) is 12.2. The molecule has 38 heavy (non-hydrogen) atoms. The van der Waals surface area contributed by atoms with Gasteiger partial charge in [0.2, 0.25) is 17.7 Å². The maximum Gasteiger partial charge on any atom is 0.251 e. The van der Waals surface area contributed by atoms with Gasteiger partial charge in [0.15, 0.2) is 5.96 Å². The van der Waals surface area contributed by atoms with E-state index in [-0.39, 0.29) is 18.9 Å². The highest BCUT2D eigenvalue weighted by molar-refractivity contribution is 6.00. The molecule has 11 N–H and O–H groups in total. The first-order valence-corrected chi connectivity index (χ1v) is 12.3. The molecule has 0 spiro atoms. The Morgan fingerprint density at radius 2 is 1.37 bits per heavy atom. The Balaban J connectivity index is 2.15. The highest BCUT2D eigenvalue weighted by Crippen LogP contribution is 2.12. The second-order valence-corrected chi connectivity index (χ2v) is 8.62. The topological polar surface area (TPSA) is 221 Å². The third-order valence-electron chi connectivity index (χ3n) is 5.62. The lowest BCUT2D eigenvalue weighted by Gasteiger charge is -2.23. The van der Waals surface area contributed by atoms with Crippen molar-refractivity contribution in [3.05, 3.63) is 65.7 Å². The number of carbonyl (C=O) groups excluding carboxylic acids is 4. The van der Waals surface area contributed by atoms with Crippen LogP contribution in [0.3, 0.4) is 0 Å². The van der Waals surface area contributed by atoms with Gasteiger partial charge in [0, 0.05) is 23.4 Å². The third kappa shape index (κ3) is 10.3. The number of rotatable bonds is 15. The Hall–Kier alpha value is -4.45. The van der Waals surface area contributed by atoms with E-state index in [1.54, 1.807) is 42.5 Å². The molecular weight excluding hydrogens is 488 g/mol. The molecule has 0 radical (unpaired) electrons. The van der Waals surface area contributed by atoms with Crippen molar-refractivity contribution in [2.24, 2.45) is 27.9 Å². The molecule has 0 saturated heterocycles. The lowest BCUT2D eigenvalue weighted by molar-refractivity contribution is -0.128. The highest BCUT2D eigenvalue weighted by atomic mass is 16.2. The SMILES string of the molecule is NCCCC[C@H](NC(=O)[C@H](CCCN=C(N)N)NC(=O)c1ccccc1)C(=O)Nc1ccc(C(N)=O)cc1. The first-order valence-electron chi connectivity index (χ1n) is 12.3. The van der Waals surface area contributed by atoms with Crippen LogP contribution in [0.4, 0.5) is 5.69 Å². The fourth-order valence-corrected chi connectivity index (χ4v) is 3.58. The Bertz CT molecular complexity index is 1100. The van der Waals surface area contributed by atoms with Gasteiger partial charge in [-0.1, -0.05) is 18.2 Å². The van der Waals surface area contributed by atoms with Crippen molar-refractivity contribution < 1.29 is 19.2 Å². The van der Waals surface area contributed by atoms with Gasteiger partial charge in [0.05, 0.1) is 0 Å². The van der Waals surface area contributed by atoms with Gasteiger partial charge in [-0.25, -0.2) is 0 Å². The van der Waals surface area contributed by atoms with Crippen LogP contribution in [-0.2, 0) is 9.59 Å². The van der Waals surface area contributed by atoms with E-state index in [9.17, 15) is 19.2 Å². The third-order valence-corrected chi connectivity index (χ3v) is 5.62. The lowest BCUT2D eigenvalue weighted by Crippen LogP contribution is -2.52. The van der Waals surface area contributed by atoms with E-state index in [4.69, 9.17) is 22.9 Å². The molecule has 0 saturated carbocycles. The van der Waals surface area contributed by atoms with E-state index in [0.29, 0.717) is 49.0 Å². The van der Waals surface area contributed by atoms with Crippen molar-refractivity contribution in [2.45, 2.75) is 44.2 Å². The zero-order valence-corrected chi connectivity index (χ0v) is 21.2. The number of guanidine groups is 1. The zero-order chi connectivity index (χ0) is 27.9. The summed E-state index contributed by atoms with van der Waals surface area (Å²) in [5.74, 6) is -2.05. The van der Waals surface area contributed by atoms with Crippen LogP contribution in [0.15, 0.2) is 59.6 Å². The number of nitrogens with zero attached hydrogens (tertiary/aromatic N) is 1. The molecule has 0 bridgehead atoms. The highest BCUT2D eigenvalue weighted by Gasteiger charge is 2.27. The standard InChI is InChI=1S/C26H36N8O4/c27-15-5-4-9-20(24(37)32-19-13-11-17(12-14-19)22(28)35)34-25(38)21(10-6-16-31-26(29)30)33-23(36)18-7-2-1-3-8-18/h1-3,7-8,11-14,20-21H,4-6,9-10,15-16,27H2,(H2,28,35)(H,32,37)(H,33,36)(H,34,38)(H4,29,30,31)/t20-,21-/m0/s1.